The molecular weight excluding hydrogens is 350 g/mol. The van der Waals surface area contributed by atoms with Crippen molar-refractivity contribution in [1.29, 1.82) is 0 Å². The number of aliphatic hydroxyl groups is 1. The highest BCUT2D eigenvalue weighted by molar-refractivity contribution is 7.99. The third-order valence-corrected chi connectivity index (χ3v) is 4.97. The second kappa shape index (κ2) is 12.7. The first-order valence-corrected chi connectivity index (χ1v) is 10.3. The lowest BCUT2D eigenvalue weighted by atomic mass is 10.1. The number of aliphatic hydroxyl groups excluding tert-OH is 1. The second-order valence-electron chi connectivity index (χ2n) is 6.20. The molecule has 1 fully saturated rings. The smallest absolute Gasteiger partial charge is 0.230 e. The normalized spacial score (nSPS) is 15.3. The molecule has 26 heavy (non-hydrogen) atoms. The standard InChI is InChI=1S/C19H29N3O3S/c23-11-13-26-16-18(24)20-7-2-5-12-25-19-14-17(6-8-21-19)15-22-9-3-1-4-10-22/h2,5-6,8,14,23H,1,3-4,7,9-13,15-16H2,(H,20,24)/b5-2-. The van der Waals surface area contributed by atoms with Crippen molar-refractivity contribution in [2.45, 2.75) is 25.8 Å². The molecule has 2 heterocycles. The molecule has 1 amide bonds. The van der Waals surface area contributed by atoms with E-state index in [-0.39, 0.29) is 12.5 Å². The Morgan fingerprint density at radius 2 is 2.19 bits per heavy atom. The summed E-state index contributed by atoms with van der Waals surface area (Å²) in [6, 6.07) is 4.05. The zero-order valence-electron chi connectivity index (χ0n) is 15.2. The fraction of sp³-hybridized carbons (Fsp3) is 0.579. The van der Waals surface area contributed by atoms with Crippen LogP contribution in [0.2, 0.25) is 0 Å². The Labute approximate surface area is 160 Å². The van der Waals surface area contributed by atoms with Crippen LogP contribution in [0.5, 0.6) is 5.88 Å². The van der Waals surface area contributed by atoms with E-state index in [0.29, 0.717) is 30.5 Å². The van der Waals surface area contributed by atoms with Crippen LogP contribution in [0.1, 0.15) is 24.8 Å². The van der Waals surface area contributed by atoms with Gasteiger partial charge in [0.1, 0.15) is 6.61 Å². The molecule has 0 atom stereocenters. The predicted octanol–water partition coefficient (Wildman–Crippen LogP) is 1.84. The lowest BCUT2D eigenvalue weighted by Crippen LogP contribution is -2.29. The maximum Gasteiger partial charge on any atom is 0.230 e. The Bertz CT molecular complexity index is 563. The number of nitrogens with zero attached hydrogens (tertiary/aromatic N) is 2. The quantitative estimate of drug-likeness (QED) is 0.451. The molecule has 1 aliphatic heterocycles. The van der Waals surface area contributed by atoms with E-state index in [0.717, 1.165) is 6.54 Å². The number of ether oxygens (including phenoxy) is 1. The molecule has 0 aromatic carbocycles. The van der Waals surface area contributed by atoms with Crippen molar-refractivity contribution in [2.24, 2.45) is 0 Å². The Hall–Kier alpha value is -1.57. The van der Waals surface area contributed by atoms with E-state index in [1.165, 1.54) is 49.7 Å². The molecule has 0 radical (unpaired) electrons. The van der Waals surface area contributed by atoms with Gasteiger partial charge in [0.15, 0.2) is 0 Å². The molecule has 0 bridgehead atoms. The van der Waals surface area contributed by atoms with Gasteiger partial charge < -0.3 is 15.2 Å². The van der Waals surface area contributed by atoms with E-state index in [9.17, 15) is 4.79 Å². The average Bonchev–Trinajstić information content (AvgIpc) is 2.66. The molecule has 1 aliphatic rings. The van der Waals surface area contributed by atoms with Gasteiger partial charge in [0.2, 0.25) is 11.8 Å². The zero-order chi connectivity index (χ0) is 18.5. The summed E-state index contributed by atoms with van der Waals surface area (Å²) in [7, 11) is 0. The summed E-state index contributed by atoms with van der Waals surface area (Å²) < 4.78 is 5.66. The van der Waals surface area contributed by atoms with Gasteiger partial charge in [-0.25, -0.2) is 4.98 Å². The first-order chi connectivity index (χ1) is 12.8. The number of amides is 1. The van der Waals surface area contributed by atoms with Gasteiger partial charge >= 0.3 is 0 Å². The molecule has 1 aromatic heterocycles. The number of piperidine rings is 1. The largest absolute Gasteiger partial charge is 0.473 e. The number of aromatic nitrogens is 1. The Balaban J connectivity index is 1.62. The summed E-state index contributed by atoms with van der Waals surface area (Å²) in [5, 5.41) is 11.5. The van der Waals surface area contributed by atoms with Gasteiger partial charge in [-0.05, 0) is 43.6 Å². The maximum absolute atomic E-state index is 11.5. The number of rotatable bonds is 11. The maximum atomic E-state index is 11.5. The van der Waals surface area contributed by atoms with Crippen LogP contribution < -0.4 is 10.1 Å². The number of pyridine rings is 1. The highest BCUT2D eigenvalue weighted by Gasteiger charge is 2.10. The van der Waals surface area contributed by atoms with E-state index in [1.54, 1.807) is 6.20 Å². The van der Waals surface area contributed by atoms with E-state index in [2.05, 4.69) is 15.2 Å². The van der Waals surface area contributed by atoms with Crippen molar-refractivity contribution in [2.75, 3.05) is 44.4 Å². The molecule has 2 N–H and O–H groups in total. The molecule has 0 aliphatic carbocycles. The van der Waals surface area contributed by atoms with Gasteiger partial charge in [-0.15, -0.1) is 11.8 Å². The third-order valence-electron chi connectivity index (χ3n) is 4.03. The van der Waals surface area contributed by atoms with Gasteiger partial charge in [0, 0.05) is 31.1 Å². The monoisotopic (exact) mass is 379 g/mol. The number of carbonyl (C=O) groups excluding carboxylic acids is 1. The predicted molar refractivity (Wildman–Crippen MR) is 105 cm³/mol. The Morgan fingerprint density at radius 3 is 3.00 bits per heavy atom. The molecule has 144 valence electrons. The van der Waals surface area contributed by atoms with E-state index >= 15 is 0 Å². The van der Waals surface area contributed by atoms with Gasteiger partial charge in [-0.2, -0.15) is 0 Å². The topological polar surface area (TPSA) is 74.7 Å². The van der Waals surface area contributed by atoms with Crippen molar-refractivity contribution < 1.29 is 14.6 Å². The fourth-order valence-corrected chi connectivity index (χ4v) is 3.30. The van der Waals surface area contributed by atoms with Crippen LogP contribution in [0.3, 0.4) is 0 Å². The SMILES string of the molecule is O=C(CSCCO)NC/C=C\COc1cc(CN2CCCCC2)ccn1. The van der Waals surface area contributed by atoms with Crippen molar-refractivity contribution in [3.05, 3.63) is 36.0 Å². The van der Waals surface area contributed by atoms with Crippen molar-refractivity contribution in [3.63, 3.8) is 0 Å². The highest BCUT2D eigenvalue weighted by Crippen LogP contribution is 2.15. The first kappa shape index (κ1) is 20.7. The molecule has 1 aromatic rings. The van der Waals surface area contributed by atoms with Crippen molar-refractivity contribution in [1.82, 2.24) is 15.2 Å². The minimum Gasteiger partial charge on any atom is -0.473 e. The summed E-state index contributed by atoms with van der Waals surface area (Å²) in [6.45, 7) is 4.30. The molecular formula is C19H29N3O3S. The summed E-state index contributed by atoms with van der Waals surface area (Å²) >= 11 is 1.42. The molecule has 0 saturated carbocycles. The molecule has 7 heteroatoms. The van der Waals surface area contributed by atoms with Crippen LogP contribution in [0.4, 0.5) is 0 Å². The van der Waals surface area contributed by atoms with E-state index in [1.807, 2.05) is 24.3 Å². The van der Waals surface area contributed by atoms with E-state index in [4.69, 9.17) is 9.84 Å². The summed E-state index contributed by atoms with van der Waals surface area (Å²) in [4.78, 5) is 18.2. The summed E-state index contributed by atoms with van der Waals surface area (Å²) in [6.07, 6.45) is 9.45. The van der Waals surface area contributed by atoms with Crippen molar-refractivity contribution in [3.8, 4) is 5.88 Å². The van der Waals surface area contributed by atoms with Crippen LogP contribution >= 0.6 is 11.8 Å². The second-order valence-corrected chi connectivity index (χ2v) is 7.31. The molecule has 0 unspecified atom stereocenters. The zero-order valence-corrected chi connectivity index (χ0v) is 16.0. The lowest BCUT2D eigenvalue weighted by molar-refractivity contribution is -0.118. The van der Waals surface area contributed by atoms with E-state index < -0.39 is 0 Å². The minimum absolute atomic E-state index is 0.0268. The molecule has 1 saturated heterocycles. The fourth-order valence-electron chi connectivity index (χ4n) is 2.74. The number of likely N-dealkylation sites (tertiary alicyclic amines) is 1. The average molecular weight is 380 g/mol. The highest BCUT2D eigenvalue weighted by atomic mass is 32.2. The van der Waals surface area contributed by atoms with Gasteiger partial charge in [-0.1, -0.05) is 12.5 Å². The number of carbonyl (C=O) groups is 1. The van der Waals surface area contributed by atoms with Crippen molar-refractivity contribution >= 4 is 17.7 Å². The van der Waals surface area contributed by atoms with Crippen LogP contribution in [-0.2, 0) is 11.3 Å². The third kappa shape index (κ3) is 8.69. The van der Waals surface area contributed by atoms with Crippen LogP contribution in [0, 0.1) is 0 Å². The minimum atomic E-state index is -0.0268. The first-order valence-electron chi connectivity index (χ1n) is 9.18. The van der Waals surface area contributed by atoms with Gasteiger partial charge in [-0.3, -0.25) is 9.69 Å². The summed E-state index contributed by atoms with van der Waals surface area (Å²) in [5.41, 5.74) is 1.23. The number of hydrogen-bond donors (Lipinski definition) is 2. The molecule has 2 rings (SSSR count). The summed E-state index contributed by atoms with van der Waals surface area (Å²) in [5.74, 6) is 1.56. The Kier molecular flexibility index (Phi) is 10.2. The van der Waals surface area contributed by atoms with Crippen LogP contribution in [-0.4, -0.2) is 65.3 Å². The number of thioether (sulfide) groups is 1. The molecule has 6 nitrogen and oxygen atoms in total. The van der Waals surface area contributed by atoms with Crippen LogP contribution in [0.25, 0.3) is 0 Å². The number of nitrogens with one attached hydrogen (secondary N) is 1. The van der Waals surface area contributed by atoms with Crippen LogP contribution in [0.15, 0.2) is 30.5 Å². The number of hydrogen-bond acceptors (Lipinski definition) is 6. The van der Waals surface area contributed by atoms with Gasteiger partial charge in [0.05, 0.1) is 12.4 Å². The lowest BCUT2D eigenvalue weighted by Gasteiger charge is -2.26. The molecule has 0 spiro atoms. The van der Waals surface area contributed by atoms with Gasteiger partial charge in [0.25, 0.3) is 0 Å². The Morgan fingerprint density at radius 1 is 1.35 bits per heavy atom.